The summed E-state index contributed by atoms with van der Waals surface area (Å²) in [5.74, 6) is 0.180. The standard InChI is InChI=1S/C21H28O3/c1-16(2)18-10-8-9-17-11-12-19(20(17)15-18)21(23)24-14-7-5-3-4-6-13-22/h8-12,15-16,22H,3-7,13-14H2,1-2H3. The van der Waals surface area contributed by atoms with Gasteiger partial charge in [0.15, 0.2) is 0 Å². The van der Waals surface area contributed by atoms with Crippen molar-refractivity contribution in [1.29, 1.82) is 0 Å². The van der Waals surface area contributed by atoms with Crippen LogP contribution >= 0.6 is 0 Å². The van der Waals surface area contributed by atoms with Crippen LogP contribution < -0.4 is 0 Å². The Morgan fingerprint density at radius 2 is 1.79 bits per heavy atom. The first-order valence-corrected chi connectivity index (χ1v) is 8.94. The number of aliphatic hydroxyl groups is 1. The molecule has 0 aromatic rings. The Bertz CT molecular complexity index is 619. The molecule has 2 aliphatic rings. The second kappa shape index (κ2) is 9.43. The normalized spacial score (nSPS) is 11.2. The van der Waals surface area contributed by atoms with Crippen LogP contribution in [0.25, 0.3) is 11.1 Å². The summed E-state index contributed by atoms with van der Waals surface area (Å²) in [5.41, 5.74) is 3.91. The topological polar surface area (TPSA) is 46.5 Å². The highest BCUT2D eigenvalue weighted by Gasteiger charge is 2.17. The number of rotatable bonds is 9. The van der Waals surface area contributed by atoms with Crippen molar-refractivity contribution in [1.82, 2.24) is 0 Å². The summed E-state index contributed by atoms with van der Waals surface area (Å²) in [6, 6.07) is 12.1. The van der Waals surface area contributed by atoms with Crippen LogP contribution in [-0.4, -0.2) is 24.3 Å². The lowest BCUT2D eigenvalue weighted by Gasteiger charge is -2.07. The van der Waals surface area contributed by atoms with E-state index in [1.165, 1.54) is 5.56 Å². The molecule has 0 radical (unpaired) electrons. The van der Waals surface area contributed by atoms with E-state index in [1.54, 1.807) is 0 Å². The molecule has 24 heavy (non-hydrogen) atoms. The molecular weight excluding hydrogens is 300 g/mol. The molecule has 130 valence electrons. The smallest absolute Gasteiger partial charge is 0.338 e. The van der Waals surface area contributed by atoms with Crippen molar-refractivity contribution in [3.8, 4) is 11.1 Å². The van der Waals surface area contributed by atoms with Crippen LogP contribution in [0.15, 0.2) is 36.4 Å². The lowest BCUT2D eigenvalue weighted by molar-refractivity contribution is 0.0499. The van der Waals surface area contributed by atoms with Gasteiger partial charge in [-0.25, -0.2) is 4.79 Å². The van der Waals surface area contributed by atoms with E-state index in [4.69, 9.17) is 9.84 Å². The zero-order chi connectivity index (χ0) is 17.4. The quantitative estimate of drug-likeness (QED) is 0.519. The fourth-order valence-electron chi connectivity index (χ4n) is 2.82. The van der Waals surface area contributed by atoms with Crippen molar-refractivity contribution in [2.24, 2.45) is 0 Å². The monoisotopic (exact) mass is 328 g/mol. The van der Waals surface area contributed by atoms with Crippen molar-refractivity contribution in [2.45, 2.75) is 51.9 Å². The lowest BCUT2D eigenvalue weighted by Crippen LogP contribution is -2.06. The summed E-state index contributed by atoms with van der Waals surface area (Å²) in [7, 11) is 0. The summed E-state index contributed by atoms with van der Waals surface area (Å²) < 4.78 is 5.44. The zero-order valence-electron chi connectivity index (χ0n) is 14.8. The van der Waals surface area contributed by atoms with Crippen molar-refractivity contribution in [3.05, 3.63) is 47.5 Å². The molecule has 0 atom stereocenters. The first-order chi connectivity index (χ1) is 11.6. The number of hydrogen-bond donors (Lipinski definition) is 1. The van der Waals surface area contributed by atoms with Gasteiger partial charge in [0.2, 0.25) is 0 Å². The first-order valence-electron chi connectivity index (χ1n) is 8.94. The summed E-state index contributed by atoms with van der Waals surface area (Å²) >= 11 is 0. The molecule has 0 aromatic carbocycles. The van der Waals surface area contributed by atoms with E-state index in [0.717, 1.165) is 43.2 Å². The SMILES string of the molecule is CC(C)c1cccc2ccc(C(=O)OCCCCCCCO)c-2c1. The molecule has 0 saturated heterocycles. The van der Waals surface area contributed by atoms with E-state index in [1.807, 2.05) is 24.3 Å². The third-order valence-corrected chi connectivity index (χ3v) is 4.33. The van der Waals surface area contributed by atoms with Gasteiger partial charge in [0.25, 0.3) is 0 Å². The minimum Gasteiger partial charge on any atom is -0.462 e. The van der Waals surface area contributed by atoms with Crippen LogP contribution in [-0.2, 0) is 4.74 Å². The van der Waals surface area contributed by atoms with E-state index in [0.29, 0.717) is 18.1 Å². The van der Waals surface area contributed by atoms with Gasteiger partial charge < -0.3 is 9.84 Å². The van der Waals surface area contributed by atoms with Gasteiger partial charge in [-0.15, -0.1) is 0 Å². The van der Waals surface area contributed by atoms with Crippen molar-refractivity contribution >= 4 is 5.97 Å². The predicted octanol–water partition coefficient (Wildman–Crippen LogP) is 5.01. The number of carbonyl (C=O) groups excluding carboxylic acids is 1. The molecule has 0 aromatic heterocycles. The number of ether oxygens (including phenoxy) is 1. The maximum atomic E-state index is 12.4. The van der Waals surface area contributed by atoms with E-state index in [9.17, 15) is 4.79 Å². The molecule has 0 heterocycles. The van der Waals surface area contributed by atoms with E-state index >= 15 is 0 Å². The summed E-state index contributed by atoms with van der Waals surface area (Å²) in [4.78, 5) is 12.4. The largest absolute Gasteiger partial charge is 0.462 e. The Morgan fingerprint density at radius 1 is 1.04 bits per heavy atom. The molecule has 2 rings (SSSR count). The predicted molar refractivity (Wildman–Crippen MR) is 97.6 cm³/mol. The van der Waals surface area contributed by atoms with E-state index < -0.39 is 0 Å². The van der Waals surface area contributed by atoms with Crippen LogP contribution in [0.3, 0.4) is 0 Å². The van der Waals surface area contributed by atoms with Crippen molar-refractivity contribution in [3.63, 3.8) is 0 Å². The van der Waals surface area contributed by atoms with E-state index in [2.05, 4.69) is 26.0 Å². The van der Waals surface area contributed by atoms with Crippen LogP contribution in [0.4, 0.5) is 0 Å². The molecule has 3 nitrogen and oxygen atoms in total. The highest BCUT2D eigenvalue weighted by molar-refractivity contribution is 5.99. The average molecular weight is 328 g/mol. The van der Waals surface area contributed by atoms with Gasteiger partial charge in [-0.05, 0) is 41.5 Å². The van der Waals surface area contributed by atoms with Gasteiger partial charge in [-0.2, -0.15) is 0 Å². The fraction of sp³-hybridized carbons (Fsp3) is 0.476. The number of fused-ring (bicyclic) bond motifs is 1. The number of hydrogen-bond acceptors (Lipinski definition) is 3. The fourth-order valence-corrected chi connectivity index (χ4v) is 2.82. The summed E-state index contributed by atoms with van der Waals surface area (Å²) in [6.07, 6.45) is 4.87. The molecule has 1 N–H and O–H groups in total. The molecule has 3 heteroatoms. The van der Waals surface area contributed by atoms with Gasteiger partial charge in [-0.1, -0.05) is 63.4 Å². The molecule has 2 aliphatic carbocycles. The second-order valence-corrected chi connectivity index (χ2v) is 6.57. The van der Waals surface area contributed by atoms with Crippen LogP contribution in [0, 0.1) is 0 Å². The van der Waals surface area contributed by atoms with Crippen molar-refractivity contribution in [2.75, 3.05) is 13.2 Å². The third-order valence-electron chi connectivity index (χ3n) is 4.33. The van der Waals surface area contributed by atoms with Gasteiger partial charge in [-0.3, -0.25) is 0 Å². The highest BCUT2D eigenvalue weighted by Crippen LogP contribution is 2.30. The lowest BCUT2D eigenvalue weighted by atomic mass is 10.0. The molecule has 0 saturated carbocycles. The summed E-state index contributed by atoms with van der Waals surface area (Å²) in [6.45, 7) is 5.02. The molecule has 0 fully saturated rings. The Labute approximate surface area is 145 Å². The number of unbranched alkanes of at least 4 members (excludes halogenated alkanes) is 4. The Morgan fingerprint density at radius 3 is 2.54 bits per heavy atom. The molecule has 0 unspecified atom stereocenters. The second-order valence-electron chi connectivity index (χ2n) is 6.57. The van der Waals surface area contributed by atoms with Gasteiger partial charge in [0.05, 0.1) is 12.2 Å². The zero-order valence-corrected chi connectivity index (χ0v) is 14.8. The minimum atomic E-state index is -0.235. The van der Waals surface area contributed by atoms with Gasteiger partial charge in [0, 0.05) is 6.61 Å². The molecule has 0 aliphatic heterocycles. The molecule has 0 amide bonds. The average Bonchev–Trinajstić information content (AvgIpc) is 2.83. The van der Waals surface area contributed by atoms with Crippen LogP contribution in [0.2, 0.25) is 0 Å². The highest BCUT2D eigenvalue weighted by atomic mass is 16.5. The third kappa shape index (κ3) is 5.07. The Kier molecular flexibility index (Phi) is 7.26. The van der Waals surface area contributed by atoms with Crippen molar-refractivity contribution < 1.29 is 14.6 Å². The Hall–Kier alpha value is -1.87. The molecule has 0 bridgehead atoms. The minimum absolute atomic E-state index is 0.235. The maximum Gasteiger partial charge on any atom is 0.338 e. The van der Waals surface area contributed by atoms with E-state index in [-0.39, 0.29) is 12.6 Å². The summed E-state index contributed by atoms with van der Waals surface area (Å²) in [5, 5.41) is 8.74. The number of esters is 1. The Balaban J connectivity index is 1.94. The number of carbonyl (C=O) groups is 1. The maximum absolute atomic E-state index is 12.4. The first kappa shape index (κ1) is 18.5. The van der Waals surface area contributed by atoms with Gasteiger partial charge >= 0.3 is 5.97 Å². The van der Waals surface area contributed by atoms with Crippen LogP contribution in [0.5, 0.6) is 0 Å². The molecule has 0 spiro atoms. The van der Waals surface area contributed by atoms with Gasteiger partial charge in [0.1, 0.15) is 0 Å². The van der Waals surface area contributed by atoms with Crippen LogP contribution in [0.1, 0.15) is 67.8 Å². The number of aliphatic hydroxyl groups excluding tert-OH is 1. The molecular formula is C21H28O3.